The Morgan fingerprint density at radius 2 is 1.87 bits per heavy atom. The minimum Gasteiger partial charge on any atom is -0.380 e. The van der Waals surface area contributed by atoms with E-state index in [-0.39, 0.29) is 17.7 Å². The first-order valence-electron chi connectivity index (χ1n) is 4.76. The number of hydrogen-bond donors (Lipinski definition) is 2. The first-order valence-corrected chi connectivity index (χ1v) is 4.76. The Morgan fingerprint density at radius 3 is 2.53 bits per heavy atom. The highest BCUT2D eigenvalue weighted by molar-refractivity contribution is 5.96. The number of carbonyl (C=O) groups excluding carboxylic acids is 2. The Bertz CT molecular complexity index is 371. The van der Waals surface area contributed by atoms with E-state index in [0.717, 1.165) is 5.70 Å². The summed E-state index contributed by atoms with van der Waals surface area (Å²) in [6, 6.07) is 0. The maximum Gasteiger partial charge on any atom is 0.248 e. The number of nitrogens with one attached hydrogen (secondary N) is 2. The molecule has 80 valence electrons. The van der Waals surface area contributed by atoms with E-state index >= 15 is 0 Å². The zero-order valence-corrected chi connectivity index (χ0v) is 8.65. The van der Waals surface area contributed by atoms with Crippen LogP contribution in [-0.4, -0.2) is 30.8 Å². The van der Waals surface area contributed by atoms with Crippen LogP contribution < -0.4 is 10.9 Å². The van der Waals surface area contributed by atoms with Crippen molar-refractivity contribution in [3.63, 3.8) is 0 Å². The van der Waals surface area contributed by atoms with Crippen molar-refractivity contribution in [1.82, 2.24) is 15.8 Å². The molecule has 0 saturated carbocycles. The molecule has 15 heavy (non-hydrogen) atoms. The summed E-state index contributed by atoms with van der Waals surface area (Å²) in [6.07, 6.45) is 5.43. The number of hydrogen-bond acceptors (Lipinski definition) is 3. The summed E-state index contributed by atoms with van der Waals surface area (Å²) in [5.74, 6) is -1.12. The van der Waals surface area contributed by atoms with Crippen LogP contribution in [0.1, 0.15) is 0 Å². The van der Waals surface area contributed by atoms with Crippen molar-refractivity contribution in [3.8, 4) is 0 Å². The van der Waals surface area contributed by atoms with Gasteiger partial charge >= 0.3 is 0 Å². The van der Waals surface area contributed by atoms with Gasteiger partial charge in [-0.1, -0.05) is 12.2 Å². The lowest BCUT2D eigenvalue weighted by Gasteiger charge is -2.34. The van der Waals surface area contributed by atoms with Crippen molar-refractivity contribution in [2.75, 3.05) is 14.1 Å². The van der Waals surface area contributed by atoms with E-state index in [1.807, 2.05) is 31.1 Å². The maximum atomic E-state index is 11.7. The van der Waals surface area contributed by atoms with Gasteiger partial charge in [0.05, 0.1) is 11.8 Å². The monoisotopic (exact) mass is 207 g/mol. The topological polar surface area (TPSA) is 61.4 Å². The average Bonchev–Trinajstić information content (AvgIpc) is 2.23. The smallest absolute Gasteiger partial charge is 0.248 e. The number of amides is 2. The molecule has 0 bridgehead atoms. The molecule has 2 aliphatic rings. The molecule has 0 aromatic heterocycles. The lowest BCUT2D eigenvalue weighted by atomic mass is 9.83. The van der Waals surface area contributed by atoms with E-state index in [2.05, 4.69) is 10.9 Å². The number of rotatable bonds is 1. The molecule has 2 atom stereocenters. The molecule has 0 radical (unpaired) electrons. The van der Waals surface area contributed by atoms with Gasteiger partial charge < -0.3 is 4.90 Å². The van der Waals surface area contributed by atoms with Crippen LogP contribution in [0.3, 0.4) is 0 Å². The van der Waals surface area contributed by atoms with E-state index in [1.165, 1.54) is 0 Å². The van der Waals surface area contributed by atoms with Crippen LogP contribution in [0.5, 0.6) is 0 Å². The SMILES string of the molecule is CN(C)C1=CC=CC2C(=O)NNC(=O)C12. The summed E-state index contributed by atoms with van der Waals surface area (Å²) in [6.45, 7) is 0. The molecule has 0 aromatic rings. The summed E-state index contributed by atoms with van der Waals surface area (Å²) >= 11 is 0. The van der Waals surface area contributed by atoms with Gasteiger partial charge in [0, 0.05) is 19.8 Å². The fourth-order valence-corrected chi connectivity index (χ4v) is 1.92. The molecule has 1 aliphatic carbocycles. The largest absolute Gasteiger partial charge is 0.380 e. The van der Waals surface area contributed by atoms with E-state index in [0.29, 0.717) is 0 Å². The molecule has 5 heteroatoms. The van der Waals surface area contributed by atoms with Crippen molar-refractivity contribution in [2.45, 2.75) is 0 Å². The second-order valence-corrected chi connectivity index (χ2v) is 3.85. The van der Waals surface area contributed by atoms with E-state index in [4.69, 9.17) is 0 Å². The van der Waals surface area contributed by atoms with Crippen LogP contribution in [0.25, 0.3) is 0 Å². The fourth-order valence-electron chi connectivity index (χ4n) is 1.92. The van der Waals surface area contributed by atoms with Gasteiger partial charge in [-0.15, -0.1) is 0 Å². The molecule has 2 N–H and O–H groups in total. The highest BCUT2D eigenvalue weighted by Crippen LogP contribution is 2.29. The number of allylic oxidation sites excluding steroid dienone is 2. The Hall–Kier alpha value is -1.78. The van der Waals surface area contributed by atoms with Gasteiger partial charge in [-0.2, -0.15) is 0 Å². The van der Waals surface area contributed by atoms with Crippen LogP contribution in [0.2, 0.25) is 0 Å². The van der Waals surface area contributed by atoms with Gasteiger partial charge in [-0.25, -0.2) is 0 Å². The van der Waals surface area contributed by atoms with Gasteiger partial charge in [0.1, 0.15) is 0 Å². The highest BCUT2D eigenvalue weighted by atomic mass is 16.2. The Kier molecular flexibility index (Phi) is 2.22. The second kappa shape index (κ2) is 3.42. The van der Waals surface area contributed by atoms with Crippen LogP contribution in [-0.2, 0) is 9.59 Å². The molecule has 0 spiro atoms. The quantitative estimate of drug-likeness (QED) is 0.603. The molecule has 1 aliphatic heterocycles. The van der Waals surface area contributed by atoms with Crippen LogP contribution in [0.15, 0.2) is 23.9 Å². The Labute approximate surface area is 87.8 Å². The van der Waals surface area contributed by atoms with Gasteiger partial charge in [0.25, 0.3) is 0 Å². The summed E-state index contributed by atoms with van der Waals surface area (Å²) < 4.78 is 0. The molecule has 1 fully saturated rings. The summed E-state index contributed by atoms with van der Waals surface area (Å²) in [4.78, 5) is 25.0. The van der Waals surface area contributed by atoms with Crippen molar-refractivity contribution in [1.29, 1.82) is 0 Å². The fraction of sp³-hybridized carbons (Fsp3) is 0.400. The van der Waals surface area contributed by atoms with Gasteiger partial charge in [0.15, 0.2) is 0 Å². The van der Waals surface area contributed by atoms with E-state index in [1.54, 1.807) is 6.08 Å². The third-order valence-electron chi connectivity index (χ3n) is 2.67. The summed E-state index contributed by atoms with van der Waals surface area (Å²) in [5, 5.41) is 0. The number of hydrazine groups is 1. The maximum absolute atomic E-state index is 11.7. The summed E-state index contributed by atoms with van der Waals surface area (Å²) in [7, 11) is 3.73. The average molecular weight is 207 g/mol. The zero-order valence-electron chi connectivity index (χ0n) is 8.65. The molecule has 2 unspecified atom stereocenters. The Balaban J connectivity index is 2.36. The minimum absolute atomic E-state index is 0.163. The van der Waals surface area contributed by atoms with Crippen molar-refractivity contribution in [3.05, 3.63) is 23.9 Å². The van der Waals surface area contributed by atoms with Crippen molar-refractivity contribution < 1.29 is 9.59 Å². The molecule has 1 saturated heterocycles. The molecular formula is C10H13N3O2. The molecular weight excluding hydrogens is 194 g/mol. The van der Waals surface area contributed by atoms with Gasteiger partial charge in [-0.3, -0.25) is 20.4 Å². The normalized spacial score (nSPS) is 28.8. The van der Waals surface area contributed by atoms with Crippen LogP contribution >= 0.6 is 0 Å². The minimum atomic E-state index is -0.404. The molecule has 1 heterocycles. The zero-order chi connectivity index (χ0) is 11.0. The van der Waals surface area contributed by atoms with Crippen LogP contribution in [0.4, 0.5) is 0 Å². The molecule has 2 rings (SSSR count). The third-order valence-corrected chi connectivity index (χ3v) is 2.67. The third kappa shape index (κ3) is 1.49. The summed E-state index contributed by atoms with van der Waals surface area (Å²) in [5.41, 5.74) is 5.59. The number of nitrogens with zero attached hydrogens (tertiary/aromatic N) is 1. The Morgan fingerprint density at radius 1 is 1.20 bits per heavy atom. The molecule has 0 aromatic carbocycles. The number of carbonyl (C=O) groups is 2. The van der Waals surface area contributed by atoms with Gasteiger partial charge in [0.2, 0.25) is 11.8 Å². The molecule has 5 nitrogen and oxygen atoms in total. The predicted octanol–water partition coefficient (Wildman–Crippen LogP) is -0.605. The predicted molar refractivity (Wildman–Crippen MR) is 54.2 cm³/mol. The standard InChI is InChI=1S/C10H13N3O2/c1-13(2)7-5-3-4-6-8(7)10(15)12-11-9(6)14/h3-6,8H,1-2H3,(H,11,14)(H,12,15). The van der Waals surface area contributed by atoms with Crippen LogP contribution in [0, 0.1) is 11.8 Å². The second-order valence-electron chi connectivity index (χ2n) is 3.85. The van der Waals surface area contributed by atoms with E-state index in [9.17, 15) is 9.59 Å². The van der Waals surface area contributed by atoms with Crippen molar-refractivity contribution in [2.24, 2.45) is 11.8 Å². The van der Waals surface area contributed by atoms with Gasteiger partial charge in [-0.05, 0) is 6.08 Å². The van der Waals surface area contributed by atoms with Crippen molar-refractivity contribution >= 4 is 11.8 Å². The molecule has 2 amide bonds. The van der Waals surface area contributed by atoms with E-state index < -0.39 is 5.92 Å². The number of fused-ring (bicyclic) bond motifs is 1. The first-order chi connectivity index (χ1) is 7.11. The lowest BCUT2D eigenvalue weighted by Crippen LogP contribution is -2.57. The first kappa shape index (κ1) is 9.76. The lowest BCUT2D eigenvalue weighted by molar-refractivity contribution is -0.140. The highest BCUT2D eigenvalue weighted by Gasteiger charge is 2.40.